The van der Waals surface area contributed by atoms with Gasteiger partial charge in [0.05, 0.1) is 0 Å². The lowest BCUT2D eigenvalue weighted by atomic mass is 10.3. The van der Waals surface area contributed by atoms with E-state index >= 15 is 0 Å². The fraction of sp³-hybridized carbons (Fsp3) is 0. The summed E-state index contributed by atoms with van der Waals surface area (Å²) in [6, 6.07) is 2.87. The Labute approximate surface area is 83.8 Å². The number of nitrogens with zero attached hydrogens (tertiary/aromatic N) is 2. The van der Waals surface area contributed by atoms with Gasteiger partial charge in [-0.3, -0.25) is 5.32 Å². The maximum Gasteiger partial charge on any atom is 0.410 e. The van der Waals surface area contributed by atoms with E-state index in [1.54, 1.807) is 0 Å². The molecule has 3 N–H and O–H groups in total. The van der Waals surface area contributed by atoms with Crippen molar-refractivity contribution >= 4 is 28.7 Å². The Morgan fingerprint density at radius 2 is 2.29 bits per heavy atom. The predicted octanol–water partition coefficient (Wildman–Crippen LogP) is 1.55. The van der Waals surface area contributed by atoms with Crippen LogP contribution in [0.4, 0.5) is 10.6 Å². The molecule has 0 saturated heterocycles. The molecule has 0 radical (unpaired) electrons. The molecular formula is C7H6ClN3O3. The van der Waals surface area contributed by atoms with Crippen molar-refractivity contribution in [2.75, 3.05) is 5.32 Å². The maximum atomic E-state index is 10.2. The third-order valence-corrected chi connectivity index (χ3v) is 1.62. The molecule has 14 heavy (non-hydrogen) atoms. The molecule has 0 spiro atoms. The maximum absolute atomic E-state index is 10.2. The fourth-order valence-electron chi connectivity index (χ4n) is 0.757. The first kappa shape index (κ1) is 10.3. The van der Waals surface area contributed by atoms with Crippen molar-refractivity contribution < 1.29 is 15.1 Å². The predicted molar refractivity (Wildman–Crippen MR) is 50.1 cm³/mol. The summed E-state index contributed by atoms with van der Waals surface area (Å²) >= 11 is 5.47. The van der Waals surface area contributed by atoms with Crippen molar-refractivity contribution in [3.05, 3.63) is 23.9 Å². The highest BCUT2D eigenvalue weighted by Gasteiger charge is 2.02. The zero-order chi connectivity index (χ0) is 10.6. The highest BCUT2D eigenvalue weighted by molar-refractivity contribution is 6.69. The number of hydrogen-bond donors (Lipinski definition) is 3. The molecule has 0 aliphatic rings. The number of aromatic nitrogens is 1. The van der Waals surface area contributed by atoms with Gasteiger partial charge < -0.3 is 10.3 Å². The van der Waals surface area contributed by atoms with Crippen molar-refractivity contribution in [3.8, 4) is 0 Å². The molecule has 0 saturated carbocycles. The summed E-state index contributed by atoms with van der Waals surface area (Å²) in [6.45, 7) is 0. The smallest absolute Gasteiger partial charge is 0.410 e. The Hall–Kier alpha value is -1.82. The van der Waals surface area contributed by atoms with Gasteiger partial charge >= 0.3 is 6.09 Å². The zero-order valence-corrected chi connectivity index (χ0v) is 7.56. The lowest BCUT2D eigenvalue weighted by Crippen LogP contribution is -2.08. The normalized spacial score (nSPS) is 11.1. The van der Waals surface area contributed by atoms with Crippen LogP contribution in [0.2, 0.25) is 0 Å². The topological polar surface area (TPSA) is 94.8 Å². The van der Waals surface area contributed by atoms with Gasteiger partial charge in [-0.15, -0.1) is 0 Å². The number of hydrogen-bond acceptors (Lipinski definition) is 4. The molecule has 1 aromatic heterocycles. The number of carbonyl (C=O) groups is 1. The summed E-state index contributed by atoms with van der Waals surface area (Å²) < 4.78 is 0. The largest absolute Gasteiger partial charge is 0.465 e. The van der Waals surface area contributed by atoms with Crippen molar-refractivity contribution in [2.45, 2.75) is 0 Å². The third-order valence-electron chi connectivity index (χ3n) is 1.32. The second-order valence-corrected chi connectivity index (χ2v) is 2.61. The first-order valence-corrected chi connectivity index (χ1v) is 3.85. The van der Waals surface area contributed by atoms with E-state index in [2.05, 4.69) is 10.1 Å². The van der Waals surface area contributed by atoms with Gasteiger partial charge in [-0.25, -0.2) is 9.78 Å². The molecule has 7 heteroatoms. The van der Waals surface area contributed by atoms with Gasteiger partial charge in [0, 0.05) is 11.8 Å². The van der Waals surface area contributed by atoms with Gasteiger partial charge in [-0.2, -0.15) is 0 Å². The molecule has 0 aliphatic carbocycles. The lowest BCUT2D eigenvalue weighted by Gasteiger charge is -2.00. The van der Waals surface area contributed by atoms with Crippen LogP contribution in [0, 0.1) is 0 Å². The average molecular weight is 216 g/mol. The van der Waals surface area contributed by atoms with Crippen LogP contribution in [0.25, 0.3) is 0 Å². The van der Waals surface area contributed by atoms with E-state index in [9.17, 15) is 4.79 Å². The van der Waals surface area contributed by atoms with Gasteiger partial charge in [0.1, 0.15) is 5.82 Å². The molecule has 0 bridgehead atoms. The Morgan fingerprint density at radius 1 is 1.57 bits per heavy atom. The van der Waals surface area contributed by atoms with E-state index < -0.39 is 6.09 Å². The van der Waals surface area contributed by atoms with Crippen LogP contribution >= 0.6 is 11.6 Å². The van der Waals surface area contributed by atoms with Gasteiger partial charge in [0.2, 0.25) is 0 Å². The van der Waals surface area contributed by atoms with Crippen molar-refractivity contribution in [2.24, 2.45) is 5.16 Å². The van der Waals surface area contributed by atoms with E-state index in [4.69, 9.17) is 21.9 Å². The van der Waals surface area contributed by atoms with Crippen molar-refractivity contribution in [1.82, 2.24) is 4.98 Å². The minimum Gasteiger partial charge on any atom is -0.465 e. The number of nitrogens with one attached hydrogen (secondary N) is 1. The van der Waals surface area contributed by atoms with Crippen LogP contribution in [-0.2, 0) is 0 Å². The molecule has 1 heterocycles. The van der Waals surface area contributed by atoms with Gasteiger partial charge in [0.15, 0.2) is 5.17 Å². The van der Waals surface area contributed by atoms with Crippen LogP contribution in [0.5, 0.6) is 0 Å². The molecule has 1 amide bonds. The minimum atomic E-state index is -1.20. The Bertz CT molecular complexity index is 363. The van der Waals surface area contributed by atoms with Crippen LogP contribution < -0.4 is 5.32 Å². The lowest BCUT2D eigenvalue weighted by molar-refractivity contribution is 0.209. The van der Waals surface area contributed by atoms with Crippen LogP contribution in [0.15, 0.2) is 23.5 Å². The van der Waals surface area contributed by atoms with Crippen LogP contribution in [0.3, 0.4) is 0 Å². The quantitative estimate of drug-likeness (QED) is 0.396. The number of carboxylic acid groups (broad SMARTS) is 1. The third kappa shape index (κ3) is 2.60. The zero-order valence-electron chi connectivity index (χ0n) is 6.81. The Balaban J connectivity index is 2.83. The van der Waals surface area contributed by atoms with E-state index in [-0.39, 0.29) is 11.0 Å². The first-order valence-electron chi connectivity index (χ1n) is 3.47. The summed E-state index contributed by atoms with van der Waals surface area (Å²) in [6.07, 6.45) is 0.0834. The first-order chi connectivity index (χ1) is 6.63. The van der Waals surface area contributed by atoms with E-state index in [0.717, 1.165) is 0 Å². The second-order valence-electron chi connectivity index (χ2n) is 2.25. The number of amides is 1. The summed E-state index contributed by atoms with van der Waals surface area (Å²) in [5, 5.41) is 21.4. The monoisotopic (exact) mass is 215 g/mol. The molecule has 1 aromatic rings. The summed E-state index contributed by atoms with van der Waals surface area (Å²) in [4.78, 5) is 13.9. The standard InChI is InChI=1S/C7H6ClN3O3/c8-6(11-14)4-1-2-5(9-3-4)10-7(12)13/h1-3,14H,(H,9,10)(H,12,13). The van der Waals surface area contributed by atoms with Crippen LogP contribution in [-0.4, -0.2) is 26.6 Å². The summed E-state index contributed by atoms with van der Waals surface area (Å²) in [7, 11) is 0. The molecule has 0 aromatic carbocycles. The SMILES string of the molecule is O=C(O)Nc1ccc(C(Cl)=NO)cn1. The molecule has 0 fully saturated rings. The molecule has 6 nitrogen and oxygen atoms in total. The fourth-order valence-corrected chi connectivity index (χ4v) is 0.869. The van der Waals surface area contributed by atoms with Crippen LogP contribution in [0.1, 0.15) is 5.56 Å². The van der Waals surface area contributed by atoms with Gasteiger partial charge in [-0.05, 0) is 12.1 Å². The van der Waals surface area contributed by atoms with Crippen molar-refractivity contribution in [3.63, 3.8) is 0 Å². The number of oxime groups is 1. The molecule has 1 rings (SSSR count). The van der Waals surface area contributed by atoms with Gasteiger partial charge in [0.25, 0.3) is 0 Å². The second kappa shape index (κ2) is 4.43. The molecule has 74 valence electrons. The van der Waals surface area contributed by atoms with Crippen molar-refractivity contribution in [1.29, 1.82) is 0 Å². The Morgan fingerprint density at radius 3 is 2.71 bits per heavy atom. The molecular weight excluding hydrogens is 210 g/mol. The summed E-state index contributed by atoms with van der Waals surface area (Å²) in [5.74, 6) is 0.170. The Kier molecular flexibility index (Phi) is 3.24. The molecule has 0 atom stereocenters. The van der Waals surface area contributed by atoms with E-state index in [0.29, 0.717) is 5.56 Å². The highest BCUT2D eigenvalue weighted by Crippen LogP contribution is 2.07. The molecule has 0 unspecified atom stereocenters. The minimum absolute atomic E-state index is 0.112. The highest BCUT2D eigenvalue weighted by atomic mass is 35.5. The van der Waals surface area contributed by atoms with E-state index in [1.807, 2.05) is 5.32 Å². The molecule has 0 aliphatic heterocycles. The van der Waals surface area contributed by atoms with E-state index in [1.165, 1.54) is 18.3 Å². The number of halogens is 1. The number of pyridine rings is 1. The summed E-state index contributed by atoms with van der Waals surface area (Å²) in [5.41, 5.74) is 0.394. The van der Waals surface area contributed by atoms with Gasteiger partial charge in [-0.1, -0.05) is 16.8 Å². The number of anilines is 1. The average Bonchev–Trinajstić information content (AvgIpc) is 2.17. The number of rotatable bonds is 2.